The summed E-state index contributed by atoms with van der Waals surface area (Å²) in [7, 11) is 0. The molecule has 11 heavy (non-hydrogen) atoms. The predicted molar refractivity (Wildman–Crippen MR) is 35.6 cm³/mol. The van der Waals surface area contributed by atoms with Crippen molar-refractivity contribution < 1.29 is 20.1 Å². The van der Waals surface area contributed by atoms with Crippen molar-refractivity contribution in [1.82, 2.24) is 0 Å². The molecule has 0 aromatic carbocycles. The third-order valence-corrected chi connectivity index (χ3v) is 2.68. The van der Waals surface area contributed by atoms with Gasteiger partial charge in [-0.3, -0.25) is 0 Å². The van der Waals surface area contributed by atoms with Gasteiger partial charge < -0.3 is 20.1 Å². The molecule has 1 saturated carbocycles. The Balaban J connectivity index is 2.09. The topological polar surface area (TPSA) is 69.9 Å². The minimum absolute atomic E-state index is 0.237. The maximum atomic E-state index is 9.45. The first kappa shape index (κ1) is 7.49. The Bertz CT molecular complexity index is 166. The van der Waals surface area contributed by atoms with E-state index in [9.17, 15) is 10.2 Å². The second kappa shape index (κ2) is 2.17. The average molecular weight is 160 g/mol. The molecule has 2 aliphatic rings. The van der Waals surface area contributed by atoms with Crippen LogP contribution in [0.1, 0.15) is 12.8 Å². The van der Waals surface area contributed by atoms with Gasteiger partial charge >= 0.3 is 0 Å². The molecule has 4 nitrogen and oxygen atoms in total. The maximum Gasteiger partial charge on any atom is 0.183 e. The summed E-state index contributed by atoms with van der Waals surface area (Å²) >= 11 is 0. The lowest BCUT2D eigenvalue weighted by Crippen LogP contribution is -2.51. The molecule has 2 rings (SSSR count). The van der Waals surface area contributed by atoms with Crippen LogP contribution >= 0.6 is 0 Å². The lowest BCUT2D eigenvalue weighted by molar-refractivity contribution is -0.245. The summed E-state index contributed by atoms with van der Waals surface area (Å²) in [4.78, 5) is 0. The van der Waals surface area contributed by atoms with Crippen LogP contribution in [0.15, 0.2) is 0 Å². The Morgan fingerprint density at radius 2 is 1.82 bits per heavy atom. The van der Waals surface area contributed by atoms with Gasteiger partial charge in [-0.25, -0.2) is 0 Å². The summed E-state index contributed by atoms with van der Waals surface area (Å²) in [5.74, 6) is 0. The van der Waals surface area contributed by atoms with E-state index in [4.69, 9.17) is 9.84 Å². The first-order chi connectivity index (χ1) is 5.16. The molecule has 4 heteroatoms. The predicted octanol–water partition coefficient (Wildman–Crippen LogP) is -1.16. The first-order valence-corrected chi connectivity index (χ1v) is 3.81. The Hall–Kier alpha value is -0.160. The maximum absolute atomic E-state index is 9.45. The molecule has 3 atom stereocenters. The largest absolute Gasteiger partial charge is 0.390 e. The fraction of sp³-hybridized carbons (Fsp3) is 1.00. The molecule has 1 heterocycles. The molecule has 1 aliphatic heterocycles. The van der Waals surface area contributed by atoms with Crippen molar-refractivity contribution in [3.05, 3.63) is 0 Å². The van der Waals surface area contributed by atoms with Crippen molar-refractivity contribution in [3.8, 4) is 0 Å². The number of hydrogen-bond acceptors (Lipinski definition) is 4. The molecule has 3 N–H and O–H groups in total. The molecule has 0 aromatic rings. The lowest BCUT2D eigenvalue weighted by Gasteiger charge is -2.35. The molecule has 1 saturated heterocycles. The molecule has 0 bridgehead atoms. The van der Waals surface area contributed by atoms with Gasteiger partial charge in [0.2, 0.25) is 0 Å². The van der Waals surface area contributed by atoms with Gasteiger partial charge in [-0.05, 0) is 12.8 Å². The van der Waals surface area contributed by atoms with Crippen LogP contribution in [-0.4, -0.2) is 40.4 Å². The Labute approximate surface area is 64.4 Å². The smallest absolute Gasteiger partial charge is 0.183 e. The third-order valence-electron chi connectivity index (χ3n) is 2.68. The minimum Gasteiger partial charge on any atom is -0.390 e. The molecule has 2 unspecified atom stereocenters. The van der Waals surface area contributed by atoms with E-state index in [-0.39, 0.29) is 5.41 Å². The molecule has 0 aromatic heterocycles. The van der Waals surface area contributed by atoms with Crippen molar-refractivity contribution in [2.45, 2.75) is 31.3 Å². The molecule has 64 valence electrons. The number of rotatable bonds is 0. The van der Waals surface area contributed by atoms with Gasteiger partial charge in [-0.1, -0.05) is 0 Å². The quantitative estimate of drug-likeness (QED) is 0.418. The second-order valence-electron chi connectivity index (χ2n) is 3.50. The van der Waals surface area contributed by atoms with Gasteiger partial charge in [0.25, 0.3) is 0 Å². The van der Waals surface area contributed by atoms with Crippen LogP contribution in [0.2, 0.25) is 0 Å². The van der Waals surface area contributed by atoms with Gasteiger partial charge in [0, 0.05) is 5.41 Å². The van der Waals surface area contributed by atoms with Crippen LogP contribution in [0.4, 0.5) is 0 Å². The van der Waals surface area contributed by atoms with Gasteiger partial charge in [-0.15, -0.1) is 0 Å². The van der Waals surface area contributed by atoms with Crippen LogP contribution in [-0.2, 0) is 4.74 Å². The molecule has 2 fully saturated rings. The van der Waals surface area contributed by atoms with E-state index in [1.165, 1.54) is 0 Å². The standard InChI is InChI=1S/C7H12O4/c8-4-5(9)7(1-2-7)3-11-6(4)10/h4-6,8-10H,1-3H2/t4?,5-,6?/m0/s1. The number of hydrogen-bond donors (Lipinski definition) is 3. The van der Waals surface area contributed by atoms with E-state index in [1.54, 1.807) is 0 Å². The van der Waals surface area contributed by atoms with Crippen molar-refractivity contribution in [3.63, 3.8) is 0 Å². The minimum atomic E-state index is -1.21. The highest BCUT2D eigenvalue weighted by Crippen LogP contribution is 2.52. The highest BCUT2D eigenvalue weighted by molar-refractivity contribution is 5.04. The monoisotopic (exact) mass is 160 g/mol. The zero-order valence-corrected chi connectivity index (χ0v) is 6.10. The molecule has 0 radical (unpaired) electrons. The Kier molecular flexibility index (Phi) is 1.47. The Morgan fingerprint density at radius 3 is 2.36 bits per heavy atom. The number of aliphatic hydroxyl groups excluding tert-OH is 3. The summed E-state index contributed by atoms with van der Waals surface area (Å²) < 4.78 is 4.88. The van der Waals surface area contributed by atoms with E-state index >= 15 is 0 Å². The van der Waals surface area contributed by atoms with E-state index in [0.29, 0.717) is 6.61 Å². The normalized spacial score (nSPS) is 47.7. The van der Waals surface area contributed by atoms with Gasteiger partial charge in [0.1, 0.15) is 6.10 Å². The van der Waals surface area contributed by atoms with Crippen LogP contribution < -0.4 is 0 Å². The lowest BCUT2D eigenvalue weighted by atomic mass is 9.93. The summed E-state index contributed by atoms with van der Waals surface area (Å²) in [5.41, 5.74) is -0.237. The van der Waals surface area contributed by atoms with Crippen molar-refractivity contribution >= 4 is 0 Å². The van der Waals surface area contributed by atoms with Gasteiger partial charge in [-0.2, -0.15) is 0 Å². The third kappa shape index (κ3) is 0.980. The highest BCUT2D eigenvalue weighted by Gasteiger charge is 2.56. The zero-order valence-electron chi connectivity index (χ0n) is 6.10. The fourth-order valence-corrected chi connectivity index (χ4v) is 1.55. The van der Waals surface area contributed by atoms with Crippen LogP contribution in [0.25, 0.3) is 0 Å². The summed E-state index contributed by atoms with van der Waals surface area (Å²) in [6, 6.07) is 0. The second-order valence-corrected chi connectivity index (χ2v) is 3.50. The van der Waals surface area contributed by atoms with Gasteiger partial charge in [0.15, 0.2) is 6.29 Å². The highest BCUT2D eigenvalue weighted by atomic mass is 16.6. The van der Waals surface area contributed by atoms with Crippen LogP contribution in [0.5, 0.6) is 0 Å². The number of ether oxygens (including phenoxy) is 1. The number of aliphatic hydroxyl groups is 3. The fourth-order valence-electron chi connectivity index (χ4n) is 1.55. The van der Waals surface area contributed by atoms with E-state index in [2.05, 4.69) is 0 Å². The first-order valence-electron chi connectivity index (χ1n) is 3.81. The summed E-state index contributed by atoms with van der Waals surface area (Å²) in [5, 5.41) is 27.6. The summed E-state index contributed by atoms with van der Waals surface area (Å²) in [6.07, 6.45) is -1.38. The van der Waals surface area contributed by atoms with E-state index in [1.807, 2.05) is 0 Å². The van der Waals surface area contributed by atoms with Crippen molar-refractivity contribution in [2.24, 2.45) is 5.41 Å². The van der Waals surface area contributed by atoms with Gasteiger partial charge in [0.05, 0.1) is 12.7 Å². The summed E-state index contributed by atoms with van der Waals surface area (Å²) in [6.45, 7) is 0.367. The molecule has 1 aliphatic carbocycles. The van der Waals surface area contributed by atoms with Crippen molar-refractivity contribution in [1.29, 1.82) is 0 Å². The van der Waals surface area contributed by atoms with Crippen LogP contribution in [0, 0.1) is 5.41 Å². The Morgan fingerprint density at radius 1 is 1.18 bits per heavy atom. The zero-order chi connectivity index (χ0) is 8.06. The average Bonchev–Trinajstić information content (AvgIpc) is 2.76. The van der Waals surface area contributed by atoms with E-state index < -0.39 is 18.5 Å². The van der Waals surface area contributed by atoms with Crippen LogP contribution in [0.3, 0.4) is 0 Å². The van der Waals surface area contributed by atoms with E-state index in [0.717, 1.165) is 12.8 Å². The molecule has 1 spiro atoms. The molecule has 0 amide bonds. The SMILES string of the molecule is OC1OCC2(CC2)[C@@H](O)C1O. The van der Waals surface area contributed by atoms with Crippen molar-refractivity contribution in [2.75, 3.05) is 6.61 Å². The molecular weight excluding hydrogens is 148 g/mol. The molecular formula is C7H12O4.